The van der Waals surface area contributed by atoms with Crippen molar-refractivity contribution < 1.29 is 0 Å². The summed E-state index contributed by atoms with van der Waals surface area (Å²) < 4.78 is 0. The minimum absolute atomic E-state index is 1.10. The Kier molecular flexibility index (Phi) is 1.71. The molecule has 0 aliphatic heterocycles. The molecule has 2 rings (SSSR count). The maximum atomic E-state index is 2.45. The molecule has 0 nitrogen and oxygen atoms in total. The van der Waals surface area contributed by atoms with Gasteiger partial charge in [0, 0.05) is 0 Å². The Hall–Kier alpha value is 0. The summed E-state index contributed by atoms with van der Waals surface area (Å²) in [5, 5.41) is 0. The first kappa shape index (κ1) is 6.69. The molecule has 2 fully saturated rings. The van der Waals surface area contributed by atoms with Crippen molar-refractivity contribution in [2.24, 2.45) is 17.8 Å². The summed E-state index contributed by atoms with van der Waals surface area (Å²) in [7, 11) is 0. The molecule has 0 saturated heterocycles. The van der Waals surface area contributed by atoms with E-state index in [0.29, 0.717) is 0 Å². The lowest BCUT2D eigenvalue weighted by Gasteiger charge is -2.05. The first-order valence-electron chi connectivity index (χ1n) is 4.89. The lowest BCUT2D eigenvalue weighted by atomic mass is 10.0. The SMILES string of the molecule is CC1[C@H]2CCCCCC[C@H]12. The monoisotopic (exact) mass is 138 g/mol. The van der Waals surface area contributed by atoms with Gasteiger partial charge in [0.05, 0.1) is 0 Å². The van der Waals surface area contributed by atoms with Gasteiger partial charge in [0.25, 0.3) is 0 Å². The van der Waals surface area contributed by atoms with Crippen LogP contribution in [0.1, 0.15) is 45.4 Å². The quantitative estimate of drug-likeness (QED) is 0.482. The average molecular weight is 138 g/mol. The fourth-order valence-electron chi connectivity index (χ4n) is 2.70. The number of hydrogen-bond donors (Lipinski definition) is 0. The summed E-state index contributed by atoms with van der Waals surface area (Å²) in [5.41, 5.74) is 0. The molecule has 0 aromatic carbocycles. The third-order valence-electron chi connectivity index (χ3n) is 3.58. The van der Waals surface area contributed by atoms with Gasteiger partial charge in [0.2, 0.25) is 0 Å². The Morgan fingerprint density at radius 2 is 1.30 bits per heavy atom. The molecular weight excluding hydrogens is 120 g/mol. The number of fused-ring (bicyclic) bond motifs is 1. The lowest BCUT2D eigenvalue weighted by molar-refractivity contribution is 0.485. The van der Waals surface area contributed by atoms with Crippen molar-refractivity contribution in [2.75, 3.05) is 0 Å². The summed E-state index contributed by atoms with van der Waals surface area (Å²) in [5.74, 6) is 3.40. The van der Waals surface area contributed by atoms with Crippen LogP contribution in [0.15, 0.2) is 0 Å². The summed E-state index contributed by atoms with van der Waals surface area (Å²) in [4.78, 5) is 0. The van der Waals surface area contributed by atoms with Gasteiger partial charge in [-0.2, -0.15) is 0 Å². The van der Waals surface area contributed by atoms with Crippen LogP contribution in [0, 0.1) is 17.8 Å². The first-order valence-corrected chi connectivity index (χ1v) is 4.89. The van der Waals surface area contributed by atoms with Crippen molar-refractivity contribution in [1.29, 1.82) is 0 Å². The van der Waals surface area contributed by atoms with Crippen LogP contribution in [0.25, 0.3) is 0 Å². The van der Waals surface area contributed by atoms with Gasteiger partial charge in [-0.3, -0.25) is 0 Å². The molecule has 0 bridgehead atoms. The van der Waals surface area contributed by atoms with Crippen molar-refractivity contribution in [3.8, 4) is 0 Å². The normalized spacial score (nSPS) is 47.1. The largest absolute Gasteiger partial charge is 0.0620 e. The Labute approximate surface area is 64.0 Å². The molecule has 2 aliphatic carbocycles. The predicted octanol–water partition coefficient (Wildman–Crippen LogP) is 3.22. The van der Waals surface area contributed by atoms with Crippen LogP contribution in [0.2, 0.25) is 0 Å². The van der Waals surface area contributed by atoms with Crippen molar-refractivity contribution in [1.82, 2.24) is 0 Å². The first-order chi connectivity index (χ1) is 4.89. The standard InChI is InChI=1S/C10H18/c1-8-9-6-4-2-3-5-7-10(8)9/h8-10H,2-7H2,1H3/t9-,10-/m1/s1. The van der Waals surface area contributed by atoms with Crippen LogP contribution >= 0.6 is 0 Å². The van der Waals surface area contributed by atoms with E-state index in [-0.39, 0.29) is 0 Å². The maximum Gasteiger partial charge on any atom is -0.0355 e. The minimum atomic E-state index is 1.10. The van der Waals surface area contributed by atoms with E-state index in [1.54, 1.807) is 12.8 Å². The molecule has 0 N–H and O–H groups in total. The highest BCUT2D eigenvalue weighted by atomic mass is 14.5. The number of rotatable bonds is 0. The topological polar surface area (TPSA) is 0 Å². The predicted molar refractivity (Wildman–Crippen MR) is 43.8 cm³/mol. The summed E-state index contributed by atoms with van der Waals surface area (Å²) in [6.07, 6.45) is 9.15. The average Bonchev–Trinajstić information content (AvgIpc) is 2.39. The molecule has 0 heterocycles. The van der Waals surface area contributed by atoms with Gasteiger partial charge in [-0.1, -0.05) is 32.6 Å². The van der Waals surface area contributed by atoms with Gasteiger partial charge in [0.1, 0.15) is 0 Å². The fraction of sp³-hybridized carbons (Fsp3) is 1.00. The molecule has 0 unspecified atom stereocenters. The molecule has 0 radical (unpaired) electrons. The second-order valence-electron chi connectivity index (χ2n) is 4.18. The van der Waals surface area contributed by atoms with Crippen molar-refractivity contribution >= 4 is 0 Å². The van der Waals surface area contributed by atoms with Crippen LogP contribution in [0.5, 0.6) is 0 Å². The highest BCUT2D eigenvalue weighted by molar-refractivity contribution is 4.94. The Bertz CT molecular complexity index is 103. The molecule has 0 spiro atoms. The highest BCUT2D eigenvalue weighted by Gasteiger charge is 2.44. The van der Waals surface area contributed by atoms with E-state index in [4.69, 9.17) is 0 Å². The zero-order chi connectivity index (χ0) is 6.97. The lowest BCUT2D eigenvalue weighted by Crippen LogP contribution is -1.90. The molecule has 0 aromatic rings. The van der Waals surface area contributed by atoms with Crippen LogP contribution in [-0.2, 0) is 0 Å². The zero-order valence-corrected chi connectivity index (χ0v) is 6.97. The Morgan fingerprint density at radius 1 is 0.800 bits per heavy atom. The smallest absolute Gasteiger partial charge is 0.0355 e. The third-order valence-corrected chi connectivity index (χ3v) is 3.58. The van der Waals surface area contributed by atoms with Crippen LogP contribution < -0.4 is 0 Å². The third kappa shape index (κ3) is 1.09. The Morgan fingerprint density at radius 3 is 1.80 bits per heavy atom. The van der Waals surface area contributed by atoms with Gasteiger partial charge in [-0.25, -0.2) is 0 Å². The van der Waals surface area contributed by atoms with E-state index in [1.165, 1.54) is 25.7 Å². The second kappa shape index (κ2) is 2.56. The van der Waals surface area contributed by atoms with E-state index in [0.717, 1.165) is 17.8 Å². The van der Waals surface area contributed by atoms with Crippen LogP contribution in [0.3, 0.4) is 0 Å². The molecule has 0 aromatic heterocycles. The van der Waals surface area contributed by atoms with Crippen molar-refractivity contribution in [2.45, 2.75) is 45.4 Å². The molecule has 0 amide bonds. The van der Waals surface area contributed by atoms with Crippen molar-refractivity contribution in [3.63, 3.8) is 0 Å². The van der Waals surface area contributed by atoms with E-state index >= 15 is 0 Å². The highest BCUT2D eigenvalue weighted by Crippen LogP contribution is 2.52. The second-order valence-corrected chi connectivity index (χ2v) is 4.18. The van der Waals surface area contributed by atoms with Crippen LogP contribution in [0.4, 0.5) is 0 Å². The molecular formula is C10H18. The summed E-state index contributed by atoms with van der Waals surface area (Å²) in [6.45, 7) is 2.45. The molecule has 2 aliphatic rings. The molecule has 10 heavy (non-hydrogen) atoms. The van der Waals surface area contributed by atoms with Gasteiger partial charge in [-0.15, -0.1) is 0 Å². The van der Waals surface area contributed by atoms with E-state index in [2.05, 4.69) is 6.92 Å². The summed E-state index contributed by atoms with van der Waals surface area (Å²) >= 11 is 0. The van der Waals surface area contributed by atoms with E-state index in [1.807, 2.05) is 0 Å². The molecule has 0 heteroatoms. The molecule has 2 atom stereocenters. The van der Waals surface area contributed by atoms with Gasteiger partial charge in [-0.05, 0) is 30.6 Å². The van der Waals surface area contributed by atoms with Crippen molar-refractivity contribution in [3.05, 3.63) is 0 Å². The number of hydrogen-bond acceptors (Lipinski definition) is 0. The minimum Gasteiger partial charge on any atom is -0.0620 e. The maximum absolute atomic E-state index is 2.45. The van der Waals surface area contributed by atoms with E-state index < -0.39 is 0 Å². The summed E-state index contributed by atoms with van der Waals surface area (Å²) in [6, 6.07) is 0. The molecule has 2 saturated carbocycles. The van der Waals surface area contributed by atoms with Gasteiger partial charge >= 0.3 is 0 Å². The fourth-order valence-corrected chi connectivity index (χ4v) is 2.70. The van der Waals surface area contributed by atoms with Gasteiger partial charge in [0.15, 0.2) is 0 Å². The molecule has 58 valence electrons. The van der Waals surface area contributed by atoms with Crippen LogP contribution in [-0.4, -0.2) is 0 Å². The van der Waals surface area contributed by atoms with E-state index in [9.17, 15) is 0 Å². The zero-order valence-electron chi connectivity index (χ0n) is 6.97. The Balaban J connectivity index is 1.86. The van der Waals surface area contributed by atoms with Gasteiger partial charge < -0.3 is 0 Å².